The largest absolute Gasteiger partial charge is 0.352 e. The first-order chi connectivity index (χ1) is 10.4. The van der Waals surface area contributed by atoms with Gasteiger partial charge in [-0.25, -0.2) is 0 Å². The lowest BCUT2D eigenvalue weighted by molar-refractivity contribution is -0.123. The molecule has 122 valence electrons. The monoisotopic (exact) mass is 305 g/mol. The number of amides is 2. The lowest BCUT2D eigenvalue weighted by atomic mass is 9.88. The zero-order valence-electron chi connectivity index (χ0n) is 13.7. The van der Waals surface area contributed by atoms with Crippen LogP contribution in [0.5, 0.6) is 0 Å². The molecular formula is C17H27N3O2. The van der Waals surface area contributed by atoms with Crippen LogP contribution in [0.1, 0.15) is 44.0 Å². The van der Waals surface area contributed by atoms with Gasteiger partial charge in [0.25, 0.3) is 5.91 Å². The Kier molecular flexibility index (Phi) is 7.05. The van der Waals surface area contributed by atoms with E-state index in [0.717, 1.165) is 0 Å². The van der Waals surface area contributed by atoms with Crippen molar-refractivity contribution in [2.75, 3.05) is 13.1 Å². The minimum absolute atomic E-state index is 0.0318. The quantitative estimate of drug-likeness (QED) is 0.639. The number of hydrogen-bond donors (Lipinski definition) is 3. The second-order valence-corrected chi connectivity index (χ2v) is 6.05. The van der Waals surface area contributed by atoms with Crippen LogP contribution in [0.15, 0.2) is 30.3 Å². The molecule has 0 aliphatic carbocycles. The molecule has 1 atom stereocenters. The van der Waals surface area contributed by atoms with Gasteiger partial charge in [-0.05, 0) is 31.4 Å². The molecule has 0 saturated heterocycles. The molecule has 1 aromatic carbocycles. The van der Waals surface area contributed by atoms with Gasteiger partial charge in [-0.15, -0.1) is 0 Å². The zero-order valence-corrected chi connectivity index (χ0v) is 13.7. The molecule has 1 aromatic rings. The third-order valence-electron chi connectivity index (χ3n) is 4.03. The Morgan fingerprint density at radius 2 is 1.86 bits per heavy atom. The first-order valence-corrected chi connectivity index (χ1v) is 7.73. The van der Waals surface area contributed by atoms with Gasteiger partial charge >= 0.3 is 0 Å². The lowest BCUT2D eigenvalue weighted by Gasteiger charge is -2.33. The summed E-state index contributed by atoms with van der Waals surface area (Å²) in [6, 6.07) is 9.03. The SMILES string of the molecule is CC(C)C(C)(CN)NC(=O)CCCNC(=O)c1ccccc1. The number of hydrogen-bond acceptors (Lipinski definition) is 3. The Morgan fingerprint density at radius 1 is 1.23 bits per heavy atom. The van der Waals surface area contributed by atoms with Crippen LogP contribution in [-0.4, -0.2) is 30.4 Å². The summed E-state index contributed by atoms with van der Waals surface area (Å²) < 4.78 is 0. The summed E-state index contributed by atoms with van der Waals surface area (Å²) in [5, 5.41) is 5.80. The van der Waals surface area contributed by atoms with Crippen LogP contribution in [0, 0.1) is 5.92 Å². The summed E-state index contributed by atoms with van der Waals surface area (Å²) >= 11 is 0. The van der Waals surface area contributed by atoms with Crippen molar-refractivity contribution in [2.24, 2.45) is 11.7 Å². The molecule has 2 amide bonds. The normalized spacial score (nSPS) is 13.5. The molecular weight excluding hydrogens is 278 g/mol. The van der Waals surface area contributed by atoms with Gasteiger partial charge in [0.15, 0.2) is 0 Å². The summed E-state index contributed by atoms with van der Waals surface area (Å²) in [5.41, 5.74) is 5.99. The van der Waals surface area contributed by atoms with Gasteiger partial charge in [0.2, 0.25) is 5.91 Å². The number of rotatable bonds is 8. The lowest BCUT2D eigenvalue weighted by Crippen LogP contribution is -2.55. The minimum Gasteiger partial charge on any atom is -0.352 e. The molecule has 0 bridgehead atoms. The Morgan fingerprint density at radius 3 is 2.41 bits per heavy atom. The first-order valence-electron chi connectivity index (χ1n) is 7.73. The molecule has 5 nitrogen and oxygen atoms in total. The van der Waals surface area contributed by atoms with E-state index in [9.17, 15) is 9.59 Å². The highest BCUT2D eigenvalue weighted by molar-refractivity contribution is 5.94. The van der Waals surface area contributed by atoms with E-state index < -0.39 is 0 Å². The average molecular weight is 305 g/mol. The highest BCUT2D eigenvalue weighted by Gasteiger charge is 2.28. The number of benzene rings is 1. The van der Waals surface area contributed by atoms with Crippen molar-refractivity contribution in [3.63, 3.8) is 0 Å². The molecule has 0 aromatic heterocycles. The van der Waals surface area contributed by atoms with E-state index in [2.05, 4.69) is 10.6 Å². The maximum atomic E-state index is 12.0. The third-order valence-corrected chi connectivity index (χ3v) is 4.03. The van der Waals surface area contributed by atoms with Crippen molar-refractivity contribution in [3.05, 3.63) is 35.9 Å². The van der Waals surface area contributed by atoms with Gasteiger partial charge in [-0.2, -0.15) is 0 Å². The average Bonchev–Trinajstić information content (AvgIpc) is 2.51. The summed E-state index contributed by atoms with van der Waals surface area (Å²) in [4.78, 5) is 23.8. The molecule has 0 spiro atoms. The van der Waals surface area contributed by atoms with Crippen LogP contribution in [0.3, 0.4) is 0 Å². The maximum Gasteiger partial charge on any atom is 0.251 e. The van der Waals surface area contributed by atoms with Crippen molar-refractivity contribution in [1.29, 1.82) is 0 Å². The van der Waals surface area contributed by atoms with Crippen LogP contribution in [-0.2, 0) is 4.79 Å². The van der Waals surface area contributed by atoms with E-state index in [1.165, 1.54) is 0 Å². The fourth-order valence-electron chi connectivity index (χ4n) is 1.95. The van der Waals surface area contributed by atoms with Gasteiger partial charge in [-0.3, -0.25) is 9.59 Å². The Bertz CT molecular complexity index is 488. The van der Waals surface area contributed by atoms with E-state index in [-0.39, 0.29) is 23.3 Å². The van der Waals surface area contributed by atoms with Gasteiger partial charge in [0.05, 0.1) is 5.54 Å². The fraction of sp³-hybridized carbons (Fsp3) is 0.529. The molecule has 0 fully saturated rings. The Labute approximate surface area is 132 Å². The summed E-state index contributed by atoms with van der Waals surface area (Å²) in [6.45, 7) is 6.90. The second-order valence-electron chi connectivity index (χ2n) is 6.05. The predicted octanol–water partition coefficient (Wildman–Crippen LogP) is 1.69. The van der Waals surface area contributed by atoms with Crippen LogP contribution in [0.2, 0.25) is 0 Å². The molecule has 1 unspecified atom stereocenters. The number of carbonyl (C=O) groups is 2. The van der Waals surface area contributed by atoms with Crippen LogP contribution in [0.4, 0.5) is 0 Å². The highest BCUT2D eigenvalue weighted by atomic mass is 16.2. The molecule has 0 aliphatic heterocycles. The van der Waals surface area contributed by atoms with E-state index >= 15 is 0 Å². The molecule has 0 radical (unpaired) electrons. The first kappa shape index (κ1) is 18.2. The van der Waals surface area contributed by atoms with E-state index in [1.807, 2.05) is 39.0 Å². The summed E-state index contributed by atoms with van der Waals surface area (Å²) in [6.07, 6.45) is 0.973. The zero-order chi connectivity index (χ0) is 16.6. The van der Waals surface area contributed by atoms with Gasteiger partial charge in [0, 0.05) is 25.1 Å². The Balaban J connectivity index is 2.30. The molecule has 1 rings (SSSR count). The molecule has 0 saturated carbocycles. The van der Waals surface area contributed by atoms with Crippen molar-refractivity contribution in [3.8, 4) is 0 Å². The van der Waals surface area contributed by atoms with Gasteiger partial charge in [-0.1, -0.05) is 32.0 Å². The summed E-state index contributed by atoms with van der Waals surface area (Å²) in [5.74, 6) is 0.116. The topological polar surface area (TPSA) is 84.2 Å². The molecule has 0 aliphatic rings. The molecule has 5 heteroatoms. The van der Waals surface area contributed by atoms with Gasteiger partial charge in [0.1, 0.15) is 0 Å². The van der Waals surface area contributed by atoms with E-state index in [0.29, 0.717) is 31.5 Å². The van der Waals surface area contributed by atoms with Crippen molar-refractivity contribution < 1.29 is 9.59 Å². The minimum atomic E-state index is -0.385. The van der Waals surface area contributed by atoms with Crippen molar-refractivity contribution in [2.45, 2.75) is 39.2 Å². The molecule has 0 heterocycles. The van der Waals surface area contributed by atoms with E-state index in [4.69, 9.17) is 5.73 Å². The standard InChI is InChI=1S/C17H27N3O2/c1-13(2)17(3,12-18)20-15(21)10-7-11-19-16(22)14-8-5-4-6-9-14/h4-6,8-9,13H,7,10-12,18H2,1-3H3,(H,19,22)(H,20,21). The van der Waals surface area contributed by atoms with E-state index in [1.54, 1.807) is 12.1 Å². The molecule has 22 heavy (non-hydrogen) atoms. The summed E-state index contributed by atoms with van der Waals surface area (Å²) in [7, 11) is 0. The van der Waals surface area contributed by atoms with Crippen molar-refractivity contribution >= 4 is 11.8 Å². The van der Waals surface area contributed by atoms with Crippen molar-refractivity contribution in [1.82, 2.24) is 10.6 Å². The van der Waals surface area contributed by atoms with Crippen LogP contribution >= 0.6 is 0 Å². The number of carbonyl (C=O) groups excluding carboxylic acids is 2. The predicted molar refractivity (Wildman–Crippen MR) is 88.4 cm³/mol. The fourth-order valence-corrected chi connectivity index (χ4v) is 1.95. The number of nitrogens with two attached hydrogens (primary N) is 1. The third kappa shape index (κ3) is 5.48. The van der Waals surface area contributed by atoms with Gasteiger partial charge < -0.3 is 16.4 Å². The smallest absolute Gasteiger partial charge is 0.251 e. The second kappa shape index (κ2) is 8.54. The number of nitrogens with one attached hydrogen (secondary N) is 2. The van der Waals surface area contributed by atoms with Crippen LogP contribution in [0.25, 0.3) is 0 Å². The van der Waals surface area contributed by atoms with Crippen LogP contribution < -0.4 is 16.4 Å². The highest BCUT2D eigenvalue weighted by Crippen LogP contribution is 2.14. The molecule has 4 N–H and O–H groups in total. The maximum absolute atomic E-state index is 12.0. The Hall–Kier alpha value is -1.88.